The Hall–Kier alpha value is -1.54. The standard InChI is InChI=1S/C19H22BCl2FN2O3/c1-10(15-12(21)6-7-13(23)16(15)22)26-14-8-11(9-25-17(14)24)20-27-18(2,3)19(4,5)28-20/h6-10H,1-5H3,(H2,24,25)/t10-/m1/s1. The van der Waals surface area contributed by atoms with Crippen molar-refractivity contribution >= 4 is 41.6 Å². The van der Waals surface area contributed by atoms with E-state index in [0.717, 1.165) is 0 Å². The van der Waals surface area contributed by atoms with Crippen LogP contribution in [-0.2, 0) is 9.31 Å². The van der Waals surface area contributed by atoms with Gasteiger partial charge in [0.1, 0.15) is 11.9 Å². The third-order valence-corrected chi connectivity index (χ3v) is 5.93. The molecule has 0 unspecified atom stereocenters. The molecule has 0 radical (unpaired) electrons. The minimum atomic E-state index is -0.659. The fraction of sp³-hybridized carbons (Fsp3) is 0.421. The summed E-state index contributed by atoms with van der Waals surface area (Å²) in [6.07, 6.45) is 0.922. The Morgan fingerprint density at radius 1 is 1.18 bits per heavy atom. The van der Waals surface area contributed by atoms with Gasteiger partial charge in [0.2, 0.25) is 0 Å². The first-order valence-corrected chi connectivity index (χ1v) is 9.59. The number of nitrogens with zero attached hydrogens (tertiary/aromatic N) is 1. The number of hydrogen-bond donors (Lipinski definition) is 1. The zero-order chi connectivity index (χ0) is 20.9. The fourth-order valence-electron chi connectivity index (χ4n) is 2.84. The van der Waals surface area contributed by atoms with Crippen molar-refractivity contribution in [1.29, 1.82) is 0 Å². The molecule has 2 heterocycles. The monoisotopic (exact) mass is 426 g/mol. The number of halogens is 3. The third-order valence-electron chi connectivity index (χ3n) is 5.22. The SMILES string of the molecule is C[C@@H](Oc1cc(B2OC(C)(C)C(C)(C)O2)cnc1N)c1c(Cl)ccc(F)c1Cl. The highest BCUT2D eigenvalue weighted by Crippen LogP contribution is 2.38. The van der Waals surface area contributed by atoms with Crippen molar-refractivity contribution in [3.8, 4) is 5.75 Å². The summed E-state index contributed by atoms with van der Waals surface area (Å²) in [6.45, 7) is 9.56. The summed E-state index contributed by atoms with van der Waals surface area (Å²) in [5.41, 5.74) is 5.98. The van der Waals surface area contributed by atoms with Crippen molar-refractivity contribution in [3.63, 3.8) is 0 Å². The van der Waals surface area contributed by atoms with E-state index in [0.29, 0.717) is 21.8 Å². The van der Waals surface area contributed by atoms with Crippen LogP contribution >= 0.6 is 23.2 Å². The topological polar surface area (TPSA) is 66.6 Å². The predicted molar refractivity (Wildman–Crippen MR) is 110 cm³/mol. The van der Waals surface area contributed by atoms with Gasteiger partial charge < -0.3 is 19.8 Å². The quantitative estimate of drug-likeness (QED) is 0.573. The summed E-state index contributed by atoms with van der Waals surface area (Å²) in [5.74, 6) is -0.0968. The average molecular weight is 427 g/mol. The van der Waals surface area contributed by atoms with Gasteiger partial charge in [-0.25, -0.2) is 9.37 Å². The Balaban J connectivity index is 1.89. The van der Waals surface area contributed by atoms with E-state index in [2.05, 4.69) is 4.98 Å². The summed E-state index contributed by atoms with van der Waals surface area (Å²) in [5, 5.41) is 0.209. The predicted octanol–water partition coefficient (Wildman–Crippen LogP) is 4.55. The molecule has 1 saturated heterocycles. The van der Waals surface area contributed by atoms with Crippen molar-refractivity contribution < 1.29 is 18.4 Å². The van der Waals surface area contributed by atoms with E-state index < -0.39 is 30.2 Å². The fourth-order valence-corrected chi connectivity index (χ4v) is 3.52. The Kier molecular flexibility index (Phi) is 5.58. The maximum atomic E-state index is 13.8. The van der Waals surface area contributed by atoms with Gasteiger partial charge in [0, 0.05) is 22.2 Å². The number of pyridine rings is 1. The van der Waals surface area contributed by atoms with Gasteiger partial charge in [-0.15, -0.1) is 0 Å². The van der Waals surface area contributed by atoms with E-state index in [1.165, 1.54) is 12.1 Å². The molecule has 3 rings (SSSR count). The summed E-state index contributed by atoms with van der Waals surface area (Å²) < 4.78 is 31.8. The maximum Gasteiger partial charge on any atom is 0.496 e. The zero-order valence-electron chi connectivity index (χ0n) is 16.3. The van der Waals surface area contributed by atoms with Gasteiger partial charge in [-0.05, 0) is 52.8 Å². The van der Waals surface area contributed by atoms with E-state index in [1.807, 2.05) is 27.7 Å². The number of benzene rings is 1. The molecule has 9 heteroatoms. The van der Waals surface area contributed by atoms with Crippen LogP contribution in [0.25, 0.3) is 0 Å². The first-order valence-electron chi connectivity index (χ1n) is 8.84. The molecule has 1 aromatic heterocycles. The second-order valence-electron chi connectivity index (χ2n) is 7.76. The molecule has 28 heavy (non-hydrogen) atoms. The van der Waals surface area contributed by atoms with Crippen molar-refractivity contribution in [2.24, 2.45) is 0 Å². The molecule has 1 aliphatic rings. The molecule has 1 aliphatic heterocycles. The van der Waals surface area contributed by atoms with Crippen LogP contribution in [0.5, 0.6) is 5.75 Å². The van der Waals surface area contributed by atoms with E-state index in [9.17, 15) is 4.39 Å². The molecule has 1 fully saturated rings. The number of ether oxygens (including phenoxy) is 1. The number of aromatic nitrogens is 1. The van der Waals surface area contributed by atoms with Gasteiger partial charge in [0.25, 0.3) is 0 Å². The minimum absolute atomic E-state index is 0.0892. The number of hydrogen-bond acceptors (Lipinski definition) is 5. The second-order valence-corrected chi connectivity index (χ2v) is 8.54. The largest absolute Gasteiger partial charge is 0.496 e. The highest BCUT2D eigenvalue weighted by molar-refractivity contribution is 6.62. The lowest BCUT2D eigenvalue weighted by Crippen LogP contribution is -2.41. The van der Waals surface area contributed by atoms with Gasteiger partial charge in [0.05, 0.1) is 16.2 Å². The first-order chi connectivity index (χ1) is 12.9. The smallest absolute Gasteiger partial charge is 0.482 e. The van der Waals surface area contributed by atoms with Crippen LogP contribution < -0.4 is 15.9 Å². The molecule has 1 atom stereocenters. The van der Waals surface area contributed by atoms with Gasteiger partial charge in [-0.2, -0.15) is 0 Å². The van der Waals surface area contributed by atoms with E-state index >= 15 is 0 Å². The molecule has 2 N–H and O–H groups in total. The van der Waals surface area contributed by atoms with Crippen LogP contribution in [0.4, 0.5) is 10.2 Å². The lowest BCUT2D eigenvalue weighted by atomic mass is 9.80. The van der Waals surface area contributed by atoms with Crippen LogP contribution in [0.2, 0.25) is 10.0 Å². The highest BCUT2D eigenvalue weighted by Gasteiger charge is 2.52. The van der Waals surface area contributed by atoms with Crippen LogP contribution in [0.3, 0.4) is 0 Å². The van der Waals surface area contributed by atoms with E-state index in [-0.39, 0.29) is 10.8 Å². The Labute approximate surface area is 174 Å². The molecule has 5 nitrogen and oxygen atoms in total. The number of rotatable bonds is 4. The number of nitrogens with two attached hydrogens (primary N) is 1. The third kappa shape index (κ3) is 3.81. The average Bonchev–Trinajstić information content (AvgIpc) is 2.81. The lowest BCUT2D eigenvalue weighted by molar-refractivity contribution is 0.00578. The molecule has 0 amide bonds. The van der Waals surface area contributed by atoms with E-state index in [4.69, 9.17) is 43.0 Å². The maximum absolute atomic E-state index is 13.8. The van der Waals surface area contributed by atoms with Crippen molar-refractivity contribution in [3.05, 3.63) is 45.8 Å². The van der Waals surface area contributed by atoms with Crippen LogP contribution in [0.1, 0.15) is 46.3 Å². The first kappa shape index (κ1) is 21.2. The Morgan fingerprint density at radius 3 is 2.39 bits per heavy atom. The Bertz CT molecular complexity index is 895. The summed E-state index contributed by atoms with van der Waals surface area (Å²) >= 11 is 12.3. The number of anilines is 1. The van der Waals surface area contributed by atoms with Gasteiger partial charge in [0.15, 0.2) is 11.6 Å². The molecule has 2 aromatic rings. The van der Waals surface area contributed by atoms with E-state index in [1.54, 1.807) is 19.2 Å². The van der Waals surface area contributed by atoms with Crippen molar-refractivity contribution in [2.75, 3.05) is 5.73 Å². The Morgan fingerprint density at radius 2 is 1.79 bits per heavy atom. The van der Waals surface area contributed by atoms with Gasteiger partial charge in [-0.1, -0.05) is 23.2 Å². The molecular formula is C19H22BCl2FN2O3. The lowest BCUT2D eigenvalue weighted by Gasteiger charge is -2.32. The normalized spacial score (nSPS) is 18.9. The van der Waals surface area contributed by atoms with Crippen LogP contribution in [-0.4, -0.2) is 23.3 Å². The van der Waals surface area contributed by atoms with Crippen LogP contribution in [0, 0.1) is 5.82 Å². The van der Waals surface area contributed by atoms with Gasteiger partial charge >= 0.3 is 7.12 Å². The molecule has 0 saturated carbocycles. The molecule has 0 bridgehead atoms. The summed E-state index contributed by atoms with van der Waals surface area (Å²) in [6, 6.07) is 4.33. The minimum Gasteiger partial charge on any atom is -0.482 e. The number of nitrogen functional groups attached to an aromatic ring is 1. The molecule has 0 aliphatic carbocycles. The second kappa shape index (κ2) is 7.37. The van der Waals surface area contributed by atoms with Crippen molar-refractivity contribution in [2.45, 2.75) is 51.9 Å². The summed E-state index contributed by atoms with van der Waals surface area (Å²) in [7, 11) is -0.614. The molecular weight excluding hydrogens is 405 g/mol. The summed E-state index contributed by atoms with van der Waals surface area (Å²) in [4.78, 5) is 4.18. The highest BCUT2D eigenvalue weighted by atomic mass is 35.5. The van der Waals surface area contributed by atoms with Crippen molar-refractivity contribution in [1.82, 2.24) is 4.98 Å². The van der Waals surface area contributed by atoms with Gasteiger partial charge in [-0.3, -0.25) is 0 Å². The van der Waals surface area contributed by atoms with Crippen LogP contribution in [0.15, 0.2) is 24.4 Å². The molecule has 0 spiro atoms. The molecule has 1 aromatic carbocycles. The molecule has 150 valence electrons. The zero-order valence-corrected chi connectivity index (χ0v) is 17.9.